The summed E-state index contributed by atoms with van der Waals surface area (Å²) in [4.78, 5) is 14.3. The number of hydrogen-bond donors (Lipinski definition) is 1. The van der Waals surface area contributed by atoms with Crippen molar-refractivity contribution in [3.8, 4) is 11.5 Å². The average molecular weight is 290 g/mol. The maximum Gasteiger partial charge on any atom is 0.321 e. The highest BCUT2D eigenvalue weighted by atomic mass is 16.6. The van der Waals surface area contributed by atoms with Crippen LogP contribution >= 0.6 is 0 Å². The van der Waals surface area contributed by atoms with E-state index >= 15 is 0 Å². The Morgan fingerprint density at radius 1 is 1.14 bits per heavy atom. The van der Waals surface area contributed by atoms with Crippen LogP contribution in [0.1, 0.15) is 20.3 Å². The second-order valence-corrected chi connectivity index (χ2v) is 6.14. The maximum atomic E-state index is 12.4. The number of nitrogens with zero attached hydrogens (tertiary/aromatic N) is 1. The van der Waals surface area contributed by atoms with Crippen molar-refractivity contribution in [1.82, 2.24) is 4.90 Å². The van der Waals surface area contributed by atoms with Gasteiger partial charge in [0.1, 0.15) is 13.2 Å². The Morgan fingerprint density at radius 2 is 1.81 bits per heavy atom. The van der Waals surface area contributed by atoms with Crippen molar-refractivity contribution in [2.45, 2.75) is 20.3 Å². The fraction of sp³-hybridized carbons (Fsp3) is 0.562. The minimum Gasteiger partial charge on any atom is -0.486 e. The Bertz CT molecular complexity index is 522. The van der Waals surface area contributed by atoms with Gasteiger partial charge in [0.25, 0.3) is 0 Å². The summed E-state index contributed by atoms with van der Waals surface area (Å²) in [7, 11) is 0. The molecule has 2 amide bonds. The van der Waals surface area contributed by atoms with Crippen molar-refractivity contribution in [2.24, 2.45) is 11.8 Å². The van der Waals surface area contributed by atoms with E-state index in [-0.39, 0.29) is 6.03 Å². The Morgan fingerprint density at radius 3 is 2.52 bits per heavy atom. The number of piperidine rings is 1. The molecule has 0 spiro atoms. The van der Waals surface area contributed by atoms with E-state index in [0.717, 1.165) is 24.5 Å². The number of hydrogen-bond acceptors (Lipinski definition) is 3. The summed E-state index contributed by atoms with van der Waals surface area (Å²) in [5, 5.41) is 2.95. The molecule has 1 aromatic carbocycles. The highest BCUT2D eigenvalue weighted by molar-refractivity contribution is 5.89. The zero-order valence-corrected chi connectivity index (χ0v) is 12.6. The average Bonchev–Trinajstić information content (AvgIpc) is 2.46. The molecule has 3 rings (SSSR count). The van der Waals surface area contributed by atoms with E-state index < -0.39 is 0 Å². The molecule has 2 unspecified atom stereocenters. The van der Waals surface area contributed by atoms with E-state index in [9.17, 15) is 4.79 Å². The first kappa shape index (κ1) is 14.0. The number of carbonyl (C=O) groups is 1. The van der Waals surface area contributed by atoms with Crippen LogP contribution in [0.2, 0.25) is 0 Å². The summed E-state index contributed by atoms with van der Waals surface area (Å²) in [6, 6.07) is 5.47. The number of fused-ring (bicyclic) bond motifs is 1. The molecule has 5 heteroatoms. The van der Waals surface area contributed by atoms with Crippen molar-refractivity contribution < 1.29 is 14.3 Å². The van der Waals surface area contributed by atoms with Gasteiger partial charge in [-0.15, -0.1) is 0 Å². The van der Waals surface area contributed by atoms with Crippen LogP contribution in [0, 0.1) is 11.8 Å². The second kappa shape index (κ2) is 5.84. The zero-order valence-electron chi connectivity index (χ0n) is 12.6. The quantitative estimate of drug-likeness (QED) is 0.865. The minimum atomic E-state index is -0.0370. The molecule has 0 saturated carbocycles. The molecule has 0 bridgehead atoms. The molecule has 0 aromatic heterocycles. The lowest BCUT2D eigenvalue weighted by molar-refractivity contribution is 0.156. The molecular weight excluding hydrogens is 268 g/mol. The molecule has 2 heterocycles. The Labute approximate surface area is 125 Å². The number of rotatable bonds is 1. The Kier molecular flexibility index (Phi) is 3.90. The SMILES string of the molecule is CC1CC(C)CN(C(=O)Nc2ccc3c(c2)OCCO3)C1. The van der Waals surface area contributed by atoms with Crippen LogP contribution in [0.4, 0.5) is 10.5 Å². The van der Waals surface area contributed by atoms with Crippen molar-refractivity contribution >= 4 is 11.7 Å². The van der Waals surface area contributed by atoms with E-state index in [1.165, 1.54) is 6.42 Å². The van der Waals surface area contributed by atoms with E-state index in [2.05, 4.69) is 19.2 Å². The van der Waals surface area contributed by atoms with E-state index in [4.69, 9.17) is 9.47 Å². The predicted molar refractivity (Wildman–Crippen MR) is 81.0 cm³/mol. The summed E-state index contributed by atoms with van der Waals surface area (Å²) >= 11 is 0. The smallest absolute Gasteiger partial charge is 0.321 e. The number of nitrogens with one attached hydrogen (secondary N) is 1. The van der Waals surface area contributed by atoms with Gasteiger partial charge in [-0.2, -0.15) is 0 Å². The summed E-state index contributed by atoms with van der Waals surface area (Å²) in [6.07, 6.45) is 1.19. The lowest BCUT2D eigenvalue weighted by Gasteiger charge is -2.35. The van der Waals surface area contributed by atoms with Crippen LogP contribution in [0.25, 0.3) is 0 Å². The number of likely N-dealkylation sites (tertiary alicyclic amines) is 1. The Balaban J connectivity index is 1.67. The summed E-state index contributed by atoms with van der Waals surface area (Å²) in [6.45, 7) is 7.15. The standard InChI is InChI=1S/C16H22N2O3/c1-11-7-12(2)10-18(9-11)16(19)17-13-3-4-14-15(8-13)21-6-5-20-14/h3-4,8,11-12H,5-7,9-10H2,1-2H3,(H,17,19). The molecule has 21 heavy (non-hydrogen) atoms. The minimum absolute atomic E-state index is 0.0370. The van der Waals surface area contributed by atoms with Gasteiger partial charge in [-0.3, -0.25) is 0 Å². The third-order valence-corrected chi connectivity index (χ3v) is 3.95. The van der Waals surface area contributed by atoms with Crippen molar-refractivity contribution in [3.63, 3.8) is 0 Å². The van der Waals surface area contributed by atoms with E-state index in [0.29, 0.717) is 30.8 Å². The van der Waals surface area contributed by atoms with E-state index in [1.807, 2.05) is 23.1 Å². The molecule has 0 radical (unpaired) electrons. The third kappa shape index (κ3) is 3.23. The lowest BCUT2D eigenvalue weighted by atomic mass is 9.92. The van der Waals surface area contributed by atoms with Crippen LogP contribution in [-0.4, -0.2) is 37.2 Å². The van der Waals surface area contributed by atoms with Crippen LogP contribution < -0.4 is 14.8 Å². The van der Waals surface area contributed by atoms with Gasteiger partial charge in [0.15, 0.2) is 11.5 Å². The molecule has 1 N–H and O–H groups in total. The molecule has 1 saturated heterocycles. The zero-order chi connectivity index (χ0) is 14.8. The molecule has 2 atom stereocenters. The van der Waals surface area contributed by atoms with Gasteiger partial charge < -0.3 is 19.7 Å². The number of ether oxygens (including phenoxy) is 2. The highest BCUT2D eigenvalue weighted by Crippen LogP contribution is 2.32. The monoisotopic (exact) mass is 290 g/mol. The van der Waals surface area contributed by atoms with Gasteiger partial charge in [0.2, 0.25) is 0 Å². The summed E-state index contributed by atoms with van der Waals surface area (Å²) in [5.41, 5.74) is 0.745. The normalized spacial score (nSPS) is 24.6. The lowest BCUT2D eigenvalue weighted by Crippen LogP contribution is -2.44. The highest BCUT2D eigenvalue weighted by Gasteiger charge is 2.25. The number of anilines is 1. The van der Waals surface area contributed by atoms with Crippen LogP contribution in [-0.2, 0) is 0 Å². The fourth-order valence-electron chi connectivity index (χ4n) is 3.15. The molecule has 2 aliphatic rings. The van der Waals surface area contributed by atoms with Crippen LogP contribution in [0.5, 0.6) is 11.5 Å². The van der Waals surface area contributed by atoms with Gasteiger partial charge in [-0.05, 0) is 30.4 Å². The van der Waals surface area contributed by atoms with Crippen molar-refractivity contribution in [2.75, 3.05) is 31.6 Å². The van der Waals surface area contributed by atoms with Gasteiger partial charge >= 0.3 is 6.03 Å². The first-order chi connectivity index (χ1) is 10.1. The molecule has 114 valence electrons. The molecule has 1 fully saturated rings. The van der Waals surface area contributed by atoms with Gasteiger partial charge in [-0.25, -0.2) is 4.79 Å². The van der Waals surface area contributed by atoms with E-state index in [1.54, 1.807) is 0 Å². The number of carbonyl (C=O) groups excluding carboxylic acids is 1. The third-order valence-electron chi connectivity index (χ3n) is 3.95. The largest absolute Gasteiger partial charge is 0.486 e. The molecule has 1 aromatic rings. The second-order valence-electron chi connectivity index (χ2n) is 6.14. The summed E-state index contributed by atoms with van der Waals surface area (Å²) < 4.78 is 11.0. The van der Waals surface area contributed by atoms with Crippen molar-refractivity contribution in [1.29, 1.82) is 0 Å². The van der Waals surface area contributed by atoms with Crippen LogP contribution in [0.15, 0.2) is 18.2 Å². The molecule has 0 aliphatic carbocycles. The maximum absolute atomic E-state index is 12.4. The van der Waals surface area contributed by atoms with Crippen molar-refractivity contribution in [3.05, 3.63) is 18.2 Å². The summed E-state index contributed by atoms with van der Waals surface area (Å²) in [5.74, 6) is 2.54. The Hall–Kier alpha value is -1.91. The number of urea groups is 1. The predicted octanol–water partition coefficient (Wildman–Crippen LogP) is 2.97. The van der Waals surface area contributed by atoms with Gasteiger partial charge in [0.05, 0.1) is 0 Å². The first-order valence-corrected chi connectivity index (χ1v) is 7.57. The molecule has 5 nitrogen and oxygen atoms in total. The van der Waals surface area contributed by atoms with Gasteiger partial charge in [0, 0.05) is 24.8 Å². The first-order valence-electron chi connectivity index (χ1n) is 7.57. The number of amides is 2. The molecular formula is C16H22N2O3. The number of benzene rings is 1. The molecule has 2 aliphatic heterocycles. The fourth-order valence-corrected chi connectivity index (χ4v) is 3.15. The van der Waals surface area contributed by atoms with Gasteiger partial charge in [-0.1, -0.05) is 13.8 Å². The van der Waals surface area contributed by atoms with Crippen LogP contribution in [0.3, 0.4) is 0 Å². The topological polar surface area (TPSA) is 50.8 Å².